The van der Waals surface area contributed by atoms with Crippen molar-refractivity contribution in [2.45, 2.75) is 71.8 Å². The summed E-state index contributed by atoms with van der Waals surface area (Å²) in [5, 5.41) is 0. The standard InChI is InChI=1S/C70H46O2/c1-2-14-32-31(13-1)55-33-15-3-4-16-34(33)56(32)44-26-48-47(25-43(44)55)59-39-21-9-10-22-40(39)60(48)64-63(59)67-51-29-53-54(30-52(51)68(64)71-67)70-66-62-42-24-12-11-23-41(42)61(65(66)69(53)72-70)49-27-45-46(28-50(49)62)58-37-19-7-5-17-35(37)57(45)36-18-6-8-20-38(36)58/h1-30,55-70H/t55?,56?,57?,58?,59-,60-,61+,62+,63-,64+,65-,66+,67+,68+,69-,70-. The largest absolute Gasteiger partial charge is 0.365 e. The van der Waals surface area contributed by atoms with Crippen molar-refractivity contribution >= 4 is 0 Å². The highest BCUT2D eigenvalue weighted by molar-refractivity contribution is 5.74. The van der Waals surface area contributed by atoms with Gasteiger partial charge >= 0.3 is 0 Å². The summed E-state index contributed by atoms with van der Waals surface area (Å²) in [6.45, 7) is 0. The van der Waals surface area contributed by atoms with Crippen molar-refractivity contribution < 1.29 is 9.47 Å². The minimum absolute atomic E-state index is 0.0788. The molecule has 12 aliphatic carbocycles. The normalized spacial score (nSPS) is 34.0. The van der Waals surface area contributed by atoms with Crippen molar-refractivity contribution in [1.82, 2.24) is 0 Å². The third-order valence-electron chi connectivity index (χ3n) is 21.9. The summed E-state index contributed by atoms with van der Waals surface area (Å²) in [7, 11) is 0. The van der Waals surface area contributed by atoms with Gasteiger partial charge < -0.3 is 9.47 Å². The minimum atomic E-state index is 0.0788. The predicted octanol–water partition coefficient (Wildman–Crippen LogP) is 15.0. The van der Waals surface area contributed by atoms with Crippen molar-refractivity contribution in [3.05, 3.63) is 316 Å². The molecule has 9 aromatic rings. The fourth-order valence-electron chi connectivity index (χ4n) is 19.9. The van der Waals surface area contributed by atoms with Crippen LogP contribution in [-0.2, 0) is 9.47 Å². The maximum Gasteiger partial charge on any atom is 0.0878 e. The molecule has 9 aromatic carbocycles. The molecule has 72 heavy (non-hydrogen) atoms. The van der Waals surface area contributed by atoms with Crippen LogP contribution in [0.15, 0.2) is 182 Å². The molecule has 16 aliphatic rings. The van der Waals surface area contributed by atoms with E-state index in [0.717, 1.165) is 0 Å². The van der Waals surface area contributed by atoms with E-state index in [2.05, 4.69) is 182 Å². The quantitative estimate of drug-likeness (QED) is 0.151. The van der Waals surface area contributed by atoms with E-state index in [4.69, 9.17) is 9.47 Å². The monoisotopic (exact) mass is 918 g/mol. The molecule has 2 heteroatoms. The summed E-state index contributed by atoms with van der Waals surface area (Å²) < 4.78 is 15.1. The van der Waals surface area contributed by atoms with Gasteiger partial charge in [-0.3, -0.25) is 0 Å². The van der Waals surface area contributed by atoms with Gasteiger partial charge in [-0.15, -0.1) is 0 Å². The van der Waals surface area contributed by atoms with Crippen LogP contribution in [0.1, 0.15) is 205 Å². The van der Waals surface area contributed by atoms with Gasteiger partial charge in [0.25, 0.3) is 0 Å². The second-order valence-electron chi connectivity index (χ2n) is 24.0. The Bertz CT molecular complexity index is 3490. The van der Waals surface area contributed by atoms with Gasteiger partial charge in [0.15, 0.2) is 0 Å². The van der Waals surface area contributed by atoms with E-state index in [-0.39, 0.29) is 48.1 Å². The number of fused-ring (bicyclic) bond motifs is 10. The van der Waals surface area contributed by atoms with Crippen LogP contribution in [0.4, 0.5) is 0 Å². The van der Waals surface area contributed by atoms with E-state index in [9.17, 15) is 0 Å². The van der Waals surface area contributed by atoms with Gasteiger partial charge in [0.2, 0.25) is 0 Å². The molecule has 0 aromatic heterocycles. The molecule has 12 atom stereocenters. The van der Waals surface area contributed by atoms with E-state index in [0.29, 0.717) is 47.3 Å². The predicted molar refractivity (Wildman–Crippen MR) is 276 cm³/mol. The first-order valence-corrected chi connectivity index (χ1v) is 27.1. The van der Waals surface area contributed by atoms with E-state index in [1.807, 2.05) is 0 Å². The zero-order valence-electron chi connectivity index (χ0n) is 39.4. The number of ether oxygens (including phenoxy) is 2. The molecule has 25 rings (SSSR count). The first kappa shape index (κ1) is 36.8. The van der Waals surface area contributed by atoms with Crippen LogP contribution in [-0.4, -0.2) is 0 Å². The number of hydrogen-bond donors (Lipinski definition) is 0. The Morgan fingerprint density at radius 1 is 0.181 bits per heavy atom. The molecule has 0 radical (unpaired) electrons. The molecule has 2 saturated heterocycles. The summed E-state index contributed by atoms with van der Waals surface area (Å²) in [6.07, 6.45) is 0.315. The molecular formula is C70H46O2. The Kier molecular flexibility index (Phi) is 6.15. The molecular weight excluding hydrogens is 873 g/mol. The third kappa shape index (κ3) is 3.83. The van der Waals surface area contributed by atoms with E-state index in [1.54, 1.807) is 44.5 Å². The van der Waals surface area contributed by atoms with Crippen molar-refractivity contribution in [3.63, 3.8) is 0 Å². The third-order valence-corrected chi connectivity index (χ3v) is 21.9. The molecule has 338 valence electrons. The van der Waals surface area contributed by atoms with Crippen LogP contribution in [0.25, 0.3) is 0 Å². The zero-order valence-corrected chi connectivity index (χ0v) is 39.4. The first-order valence-electron chi connectivity index (χ1n) is 27.1. The molecule has 0 spiro atoms. The van der Waals surface area contributed by atoms with E-state index < -0.39 is 0 Å². The van der Waals surface area contributed by atoms with Crippen LogP contribution >= 0.6 is 0 Å². The maximum absolute atomic E-state index is 7.55. The van der Waals surface area contributed by atoms with Crippen LogP contribution in [0.5, 0.6) is 0 Å². The van der Waals surface area contributed by atoms with Gasteiger partial charge in [-0.2, -0.15) is 0 Å². The molecule has 0 N–H and O–H groups in total. The Balaban J connectivity index is 0.710. The molecule has 0 unspecified atom stereocenters. The molecule has 2 fully saturated rings. The van der Waals surface area contributed by atoms with E-state index >= 15 is 0 Å². The SMILES string of the molecule is c1ccc2c(c1)C1c3ccccc3C2c2cc3c(cc21)[C@@H]1c2ccccc2[C@@H]3[C@H]2[C@@H]1[C@@H]1O[C@@H]2c2cc3c(cc21)[C@@H]1O[C@@H]3[C@H]2[C@@H]3c4ccccc4[C@H](c4cc5c(cc43)C3c4ccccc4C5c4ccccc43)[C@H]21. The lowest BCUT2D eigenvalue weighted by Gasteiger charge is -2.53. The Morgan fingerprint density at radius 3 is 0.569 bits per heavy atom. The molecule has 4 heterocycles. The lowest BCUT2D eigenvalue weighted by molar-refractivity contribution is 0.0494. The van der Waals surface area contributed by atoms with Gasteiger partial charge in [-0.05, 0) is 146 Å². The highest BCUT2D eigenvalue weighted by atomic mass is 16.5. The lowest BCUT2D eigenvalue weighted by atomic mass is 9.48. The smallest absolute Gasteiger partial charge is 0.0878 e. The van der Waals surface area contributed by atoms with Crippen LogP contribution in [0.2, 0.25) is 0 Å². The van der Waals surface area contributed by atoms with Crippen LogP contribution in [0.3, 0.4) is 0 Å². The maximum atomic E-state index is 7.55. The second kappa shape index (κ2) is 12.0. The second-order valence-corrected chi connectivity index (χ2v) is 24.0. The fraction of sp³-hybridized carbons (Fsp3) is 0.229. The van der Waals surface area contributed by atoms with Gasteiger partial charge in [0.05, 0.1) is 24.4 Å². The lowest BCUT2D eigenvalue weighted by Crippen LogP contribution is -2.44. The number of benzene rings is 9. The Morgan fingerprint density at radius 2 is 0.361 bits per heavy atom. The first-order chi connectivity index (χ1) is 35.8. The van der Waals surface area contributed by atoms with Gasteiger partial charge in [-0.1, -0.05) is 170 Å². The summed E-state index contributed by atoms with van der Waals surface area (Å²) >= 11 is 0. The zero-order chi connectivity index (χ0) is 45.7. The molecule has 0 amide bonds. The average molecular weight is 919 g/mol. The highest BCUT2D eigenvalue weighted by Gasteiger charge is 2.67. The minimum Gasteiger partial charge on any atom is -0.365 e. The van der Waals surface area contributed by atoms with Crippen LogP contribution in [0, 0.1) is 23.7 Å². The molecule has 4 aliphatic heterocycles. The summed E-state index contributed by atoms with van der Waals surface area (Å²) in [5.41, 5.74) is 36.4. The van der Waals surface area contributed by atoms with Crippen molar-refractivity contribution in [1.29, 1.82) is 0 Å². The average Bonchev–Trinajstić information content (AvgIpc) is 4.23. The Labute approximate surface area is 418 Å². The molecule has 12 bridgehead atoms. The van der Waals surface area contributed by atoms with E-state index in [1.165, 1.54) is 89.0 Å². The summed E-state index contributed by atoms with van der Waals surface area (Å²) in [6, 6.07) is 72.5. The van der Waals surface area contributed by atoms with Crippen molar-refractivity contribution in [2.24, 2.45) is 23.7 Å². The summed E-state index contributed by atoms with van der Waals surface area (Å²) in [5.74, 6) is 3.92. The molecule has 2 nitrogen and oxygen atoms in total. The van der Waals surface area contributed by atoms with Crippen molar-refractivity contribution in [2.75, 3.05) is 0 Å². The van der Waals surface area contributed by atoms with Crippen molar-refractivity contribution in [3.8, 4) is 0 Å². The number of hydrogen-bond acceptors (Lipinski definition) is 2. The number of rotatable bonds is 0. The van der Waals surface area contributed by atoms with Gasteiger partial charge in [0, 0.05) is 71.0 Å². The topological polar surface area (TPSA) is 18.5 Å². The highest BCUT2D eigenvalue weighted by Crippen LogP contribution is 2.77. The summed E-state index contributed by atoms with van der Waals surface area (Å²) in [4.78, 5) is 0. The van der Waals surface area contributed by atoms with Gasteiger partial charge in [0.1, 0.15) is 0 Å². The fourth-order valence-corrected chi connectivity index (χ4v) is 19.9. The molecule has 0 saturated carbocycles. The van der Waals surface area contributed by atoms with Crippen LogP contribution < -0.4 is 0 Å². The Hall–Kier alpha value is -7.10. The van der Waals surface area contributed by atoms with Gasteiger partial charge in [-0.25, -0.2) is 0 Å².